The maximum atomic E-state index is 12.0. The molecule has 18 heavy (non-hydrogen) atoms. The average Bonchev–Trinajstić information content (AvgIpc) is 2.33. The van der Waals surface area contributed by atoms with Crippen molar-refractivity contribution in [3.05, 3.63) is 60.7 Å². The summed E-state index contributed by atoms with van der Waals surface area (Å²) >= 11 is 4.48. The van der Waals surface area contributed by atoms with Crippen molar-refractivity contribution in [2.24, 2.45) is 0 Å². The zero-order valence-electron chi connectivity index (χ0n) is 9.71. The molecule has 0 aliphatic rings. The third-order valence-electron chi connectivity index (χ3n) is 2.54. The van der Waals surface area contributed by atoms with Crippen molar-refractivity contribution in [2.45, 2.75) is 6.92 Å². The van der Waals surface area contributed by atoms with E-state index in [1.807, 2.05) is 49.4 Å². The Morgan fingerprint density at radius 3 is 2.22 bits per heavy atom. The molecule has 1 amide bonds. The Labute approximate surface area is 133 Å². The second-order valence-corrected chi connectivity index (χ2v) is 6.41. The predicted molar refractivity (Wildman–Crippen MR) is 91.0 cm³/mol. The standard InChI is InChI=1S/C14H11I2NO/c1-9-8-12(16)6-7-13(9)17-14(18)10-2-4-11(15)5-3-10/h2-8H,1H3,(H,17,18). The van der Waals surface area contributed by atoms with E-state index in [9.17, 15) is 4.79 Å². The molecule has 0 atom stereocenters. The molecule has 0 aliphatic heterocycles. The summed E-state index contributed by atoms with van der Waals surface area (Å²) in [7, 11) is 0. The summed E-state index contributed by atoms with van der Waals surface area (Å²) in [5.41, 5.74) is 2.60. The molecule has 0 spiro atoms. The lowest BCUT2D eigenvalue weighted by Crippen LogP contribution is -2.12. The molecule has 2 nitrogen and oxygen atoms in total. The fourth-order valence-corrected chi connectivity index (χ4v) is 2.57. The van der Waals surface area contributed by atoms with Crippen LogP contribution in [0.25, 0.3) is 0 Å². The summed E-state index contributed by atoms with van der Waals surface area (Å²) in [6, 6.07) is 13.5. The number of rotatable bonds is 2. The van der Waals surface area contributed by atoms with Crippen LogP contribution in [-0.4, -0.2) is 5.91 Å². The van der Waals surface area contributed by atoms with Crippen LogP contribution in [0.15, 0.2) is 42.5 Å². The highest BCUT2D eigenvalue weighted by Gasteiger charge is 2.07. The molecule has 0 saturated carbocycles. The summed E-state index contributed by atoms with van der Waals surface area (Å²) in [6.45, 7) is 1.99. The second kappa shape index (κ2) is 6.01. The summed E-state index contributed by atoms with van der Waals surface area (Å²) in [4.78, 5) is 12.0. The predicted octanol–water partition coefficient (Wildman–Crippen LogP) is 4.46. The Balaban J connectivity index is 2.18. The van der Waals surface area contributed by atoms with Crippen LogP contribution in [0.3, 0.4) is 0 Å². The van der Waals surface area contributed by atoms with E-state index >= 15 is 0 Å². The van der Waals surface area contributed by atoms with Crippen molar-refractivity contribution >= 4 is 56.8 Å². The van der Waals surface area contributed by atoms with Crippen molar-refractivity contribution < 1.29 is 4.79 Å². The lowest BCUT2D eigenvalue weighted by molar-refractivity contribution is 0.102. The lowest BCUT2D eigenvalue weighted by Gasteiger charge is -2.08. The summed E-state index contributed by atoms with van der Waals surface area (Å²) in [5.74, 6) is -0.0734. The Kier molecular flexibility index (Phi) is 4.60. The molecule has 1 N–H and O–H groups in total. The van der Waals surface area contributed by atoms with Crippen LogP contribution in [-0.2, 0) is 0 Å². The average molecular weight is 463 g/mol. The molecule has 0 radical (unpaired) electrons. The summed E-state index contributed by atoms with van der Waals surface area (Å²) in [5, 5.41) is 2.93. The molecular formula is C14H11I2NO. The van der Waals surface area contributed by atoms with Crippen molar-refractivity contribution in [3.8, 4) is 0 Å². The van der Waals surface area contributed by atoms with Gasteiger partial charge >= 0.3 is 0 Å². The topological polar surface area (TPSA) is 29.1 Å². The third kappa shape index (κ3) is 3.44. The Morgan fingerprint density at radius 2 is 1.61 bits per heavy atom. The van der Waals surface area contributed by atoms with Crippen LogP contribution in [0, 0.1) is 14.1 Å². The van der Waals surface area contributed by atoms with Gasteiger partial charge in [0.2, 0.25) is 0 Å². The second-order valence-electron chi connectivity index (χ2n) is 3.92. The third-order valence-corrected chi connectivity index (χ3v) is 3.93. The number of hydrogen-bond donors (Lipinski definition) is 1. The van der Waals surface area contributed by atoms with E-state index in [-0.39, 0.29) is 5.91 Å². The van der Waals surface area contributed by atoms with Gasteiger partial charge in [-0.1, -0.05) is 0 Å². The van der Waals surface area contributed by atoms with E-state index in [1.54, 1.807) is 0 Å². The molecule has 0 bridgehead atoms. The normalized spacial score (nSPS) is 10.2. The Morgan fingerprint density at radius 1 is 1.00 bits per heavy atom. The van der Waals surface area contributed by atoms with Gasteiger partial charge < -0.3 is 5.32 Å². The molecule has 0 fully saturated rings. The van der Waals surface area contributed by atoms with E-state index in [4.69, 9.17) is 0 Å². The van der Waals surface area contributed by atoms with Crippen molar-refractivity contribution in [2.75, 3.05) is 5.32 Å². The molecule has 2 rings (SSSR count). The minimum Gasteiger partial charge on any atom is -0.322 e. The van der Waals surface area contributed by atoms with Crippen LogP contribution in [0.4, 0.5) is 5.69 Å². The summed E-state index contributed by atoms with van der Waals surface area (Å²) < 4.78 is 2.28. The first kappa shape index (κ1) is 13.8. The zero-order chi connectivity index (χ0) is 13.1. The number of hydrogen-bond acceptors (Lipinski definition) is 1. The molecule has 2 aromatic carbocycles. The number of carbonyl (C=O) groups excluding carboxylic acids is 1. The minimum atomic E-state index is -0.0734. The van der Waals surface area contributed by atoms with Crippen molar-refractivity contribution in [3.63, 3.8) is 0 Å². The van der Waals surface area contributed by atoms with Gasteiger partial charge in [0, 0.05) is 18.4 Å². The first-order valence-corrected chi connectivity index (χ1v) is 7.55. The molecule has 0 heterocycles. The van der Waals surface area contributed by atoms with Crippen LogP contribution in [0.1, 0.15) is 15.9 Å². The van der Waals surface area contributed by atoms with E-state index in [0.717, 1.165) is 18.4 Å². The fraction of sp³-hybridized carbons (Fsp3) is 0.0714. The number of aryl methyl sites for hydroxylation is 1. The number of halogens is 2. The van der Waals surface area contributed by atoms with E-state index in [0.29, 0.717) is 5.56 Å². The lowest BCUT2D eigenvalue weighted by atomic mass is 10.1. The quantitative estimate of drug-likeness (QED) is 0.656. The molecule has 0 unspecified atom stereocenters. The minimum absolute atomic E-state index is 0.0734. The Bertz CT molecular complexity index is 579. The molecular weight excluding hydrogens is 452 g/mol. The van der Waals surface area contributed by atoms with E-state index in [2.05, 4.69) is 50.5 Å². The number of carbonyl (C=O) groups is 1. The Hall–Kier alpha value is -0.630. The van der Waals surface area contributed by atoms with Gasteiger partial charge in [-0.25, -0.2) is 0 Å². The number of amides is 1. The van der Waals surface area contributed by atoms with Gasteiger partial charge in [0.05, 0.1) is 0 Å². The van der Waals surface area contributed by atoms with Gasteiger partial charge in [0.15, 0.2) is 0 Å². The first-order chi connectivity index (χ1) is 8.56. The maximum Gasteiger partial charge on any atom is 0.255 e. The van der Waals surface area contributed by atoms with Gasteiger partial charge in [-0.15, -0.1) is 0 Å². The zero-order valence-corrected chi connectivity index (χ0v) is 14.0. The van der Waals surface area contributed by atoms with Gasteiger partial charge in [-0.2, -0.15) is 0 Å². The van der Waals surface area contributed by atoms with Crippen molar-refractivity contribution in [1.29, 1.82) is 0 Å². The van der Waals surface area contributed by atoms with Crippen LogP contribution in [0.5, 0.6) is 0 Å². The first-order valence-electron chi connectivity index (χ1n) is 5.39. The number of anilines is 1. The van der Waals surface area contributed by atoms with Gasteiger partial charge in [-0.05, 0) is 100 Å². The van der Waals surface area contributed by atoms with Crippen LogP contribution >= 0.6 is 45.2 Å². The molecule has 4 heteroatoms. The molecule has 0 saturated heterocycles. The molecule has 92 valence electrons. The fourth-order valence-electron chi connectivity index (χ4n) is 1.56. The SMILES string of the molecule is Cc1cc(I)ccc1NC(=O)c1ccc(I)cc1. The molecule has 2 aromatic rings. The van der Waals surface area contributed by atoms with Gasteiger partial charge in [0.25, 0.3) is 5.91 Å². The van der Waals surface area contributed by atoms with Crippen LogP contribution in [0.2, 0.25) is 0 Å². The van der Waals surface area contributed by atoms with Gasteiger partial charge in [-0.3, -0.25) is 4.79 Å². The summed E-state index contributed by atoms with van der Waals surface area (Å²) in [6.07, 6.45) is 0. The molecule has 0 aromatic heterocycles. The van der Waals surface area contributed by atoms with Crippen LogP contribution < -0.4 is 5.32 Å². The maximum absolute atomic E-state index is 12.0. The monoisotopic (exact) mass is 463 g/mol. The number of benzene rings is 2. The highest BCUT2D eigenvalue weighted by molar-refractivity contribution is 14.1. The van der Waals surface area contributed by atoms with E-state index in [1.165, 1.54) is 0 Å². The van der Waals surface area contributed by atoms with Gasteiger partial charge in [0.1, 0.15) is 0 Å². The van der Waals surface area contributed by atoms with E-state index < -0.39 is 0 Å². The highest BCUT2D eigenvalue weighted by atomic mass is 127. The van der Waals surface area contributed by atoms with Crippen molar-refractivity contribution in [1.82, 2.24) is 0 Å². The highest BCUT2D eigenvalue weighted by Crippen LogP contribution is 2.18. The smallest absolute Gasteiger partial charge is 0.255 e. The number of nitrogens with one attached hydrogen (secondary N) is 1. The largest absolute Gasteiger partial charge is 0.322 e. The molecule has 0 aliphatic carbocycles.